The molecular weight excluding hydrogens is 330 g/mol. The van der Waals surface area contributed by atoms with E-state index < -0.39 is 0 Å². The number of piperidine rings is 1. The first-order valence-corrected chi connectivity index (χ1v) is 9.24. The van der Waals surface area contributed by atoms with Crippen LogP contribution < -0.4 is 0 Å². The fraction of sp³-hybridized carbons (Fsp3) is 0.500. The molecular formula is C18H21N7O. The zero-order valence-corrected chi connectivity index (χ0v) is 14.8. The maximum atomic E-state index is 12.5. The number of amides is 1. The number of rotatable bonds is 2. The number of carbonyl (C=O) groups is 1. The molecule has 5 rings (SSSR count). The number of likely N-dealkylation sites (tertiary alicyclic amines) is 1. The molecule has 1 aliphatic carbocycles. The number of aromatic nitrogens is 6. The Balaban J connectivity index is 1.34. The molecule has 8 heteroatoms. The number of hydrogen-bond donors (Lipinski definition) is 1. The number of aromatic amines is 1. The van der Waals surface area contributed by atoms with Crippen molar-refractivity contribution in [2.45, 2.75) is 44.9 Å². The summed E-state index contributed by atoms with van der Waals surface area (Å²) in [7, 11) is 0. The van der Waals surface area contributed by atoms with Gasteiger partial charge in [-0.05, 0) is 56.7 Å². The van der Waals surface area contributed by atoms with Gasteiger partial charge in [0, 0.05) is 24.7 Å². The van der Waals surface area contributed by atoms with Gasteiger partial charge in [0.15, 0.2) is 11.5 Å². The lowest BCUT2D eigenvalue weighted by Crippen LogP contribution is -2.38. The number of fused-ring (bicyclic) bond motifs is 2. The molecule has 0 radical (unpaired) electrons. The number of carbonyl (C=O) groups excluding carboxylic acids is 1. The van der Waals surface area contributed by atoms with E-state index in [2.05, 4.69) is 26.5 Å². The van der Waals surface area contributed by atoms with Gasteiger partial charge >= 0.3 is 0 Å². The van der Waals surface area contributed by atoms with Crippen molar-refractivity contribution < 1.29 is 4.79 Å². The average Bonchev–Trinajstić information content (AvgIpc) is 3.38. The Morgan fingerprint density at radius 2 is 2.04 bits per heavy atom. The Kier molecular flexibility index (Phi) is 3.51. The van der Waals surface area contributed by atoms with Gasteiger partial charge in [-0.2, -0.15) is 14.7 Å². The molecule has 0 bridgehead atoms. The van der Waals surface area contributed by atoms with Crippen molar-refractivity contribution in [2.24, 2.45) is 0 Å². The van der Waals surface area contributed by atoms with Crippen molar-refractivity contribution >= 4 is 11.6 Å². The highest BCUT2D eigenvalue weighted by Crippen LogP contribution is 2.29. The largest absolute Gasteiger partial charge is 0.337 e. The topological polar surface area (TPSA) is 92.1 Å². The van der Waals surface area contributed by atoms with Crippen LogP contribution in [0.25, 0.3) is 5.65 Å². The number of aryl methyl sites for hydroxylation is 3. The lowest BCUT2D eigenvalue weighted by atomic mass is 9.96. The molecule has 0 spiro atoms. The van der Waals surface area contributed by atoms with Crippen LogP contribution >= 0.6 is 0 Å². The molecule has 3 aromatic rings. The van der Waals surface area contributed by atoms with E-state index in [9.17, 15) is 4.79 Å². The second-order valence-electron chi connectivity index (χ2n) is 7.30. The summed E-state index contributed by atoms with van der Waals surface area (Å²) in [4.78, 5) is 14.4. The van der Waals surface area contributed by atoms with Gasteiger partial charge in [0.05, 0.1) is 5.69 Å². The smallest absolute Gasteiger partial charge is 0.274 e. The van der Waals surface area contributed by atoms with E-state index in [1.165, 1.54) is 17.7 Å². The lowest BCUT2D eigenvalue weighted by molar-refractivity contribution is 0.0704. The van der Waals surface area contributed by atoms with Crippen LogP contribution in [0, 0.1) is 6.92 Å². The summed E-state index contributed by atoms with van der Waals surface area (Å²) in [5, 5.41) is 20.5. The highest BCUT2D eigenvalue weighted by molar-refractivity contribution is 5.92. The number of hydrogen-bond acceptors (Lipinski definition) is 5. The van der Waals surface area contributed by atoms with Crippen LogP contribution in [0.5, 0.6) is 0 Å². The minimum Gasteiger partial charge on any atom is -0.337 e. The van der Waals surface area contributed by atoms with Crippen LogP contribution in [0.15, 0.2) is 12.1 Å². The average molecular weight is 351 g/mol. The number of H-pyrrole nitrogens is 1. The van der Waals surface area contributed by atoms with Crippen LogP contribution in [0.4, 0.5) is 0 Å². The number of nitrogens with zero attached hydrogens (tertiary/aromatic N) is 6. The Bertz CT molecular complexity index is 981. The van der Waals surface area contributed by atoms with E-state index in [4.69, 9.17) is 5.10 Å². The van der Waals surface area contributed by atoms with Crippen LogP contribution in [-0.4, -0.2) is 53.9 Å². The minimum absolute atomic E-state index is 0.00477. The zero-order valence-electron chi connectivity index (χ0n) is 14.8. The second-order valence-corrected chi connectivity index (χ2v) is 7.30. The second kappa shape index (κ2) is 5.89. The van der Waals surface area contributed by atoms with Gasteiger partial charge in [0.1, 0.15) is 5.69 Å². The molecule has 1 saturated heterocycles. The summed E-state index contributed by atoms with van der Waals surface area (Å²) in [5.74, 6) is 1.20. The maximum Gasteiger partial charge on any atom is 0.274 e. The summed E-state index contributed by atoms with van der Waals surface area (Å²) < 4.78 is 1.92. The molecule has 134 valence electrons. The van der Waals surface area contributed by atoms with Gasteiger partial charge in [0.2, 0.25) is 0 Å². The van der Waals surface area contributed by atoms with E-state index in [1.807, 2.05) is 16.3 Å². The summed E-state index contributed by atoms with van der Waals surface area (Å²) in [6.07, 6.45) is 5.04. The van der Waals surface area contributed by atoms with Gasteiger partial charge in [0.25, 0.3) is 5.91 Å². The van der Waals surface area contributed by atoms with E-state index >= 15 is 0 Å². The molecule has 0 unspecified atom stereocenters. The third kappa shape index (κ3) is 2.48. The van der Waals surface area contributed by atoms with Gasteiger partial charge in [-0.1, -0.05) is 0 Å². The molecule has 4 heterocycles. The molecule has 2 aliphatic rings. The van der Waals surface area contributed by atoms with Crippen molar-refractivity contribution in [2.75, 3.05) is 13.1 Å². The highest BCUT2D eigenvalue weighted by atomic mass is 16.2. The first kappa shape index (κ1) is 15.5. The molecule has 0 saturated carbocycles. The van der Waals surface area contributed by atoms with Crippen molar-refractivity contribution in [1.29, 1.82) is 0 Å². The van der Waals surface area contributed by atoms with Gasteiger partial charge in [-0.15, -0.1) is 10.2 Å². The Morgan fingerprint density at radius 3 is 2.81 bits per heavy atom. The van der Waals surface area contributed by atoms with Crippen LogP contribution in [-0.2, 0) is 12.8 Å². The summed E-state index contributed by atoms with van der Waals surface area (Å²) in [5.41, 5.74) is 4.72. The summed E-state index contributed by atoms with van der Waals surface area (Å²) in [6.45, 7) is 3.31. The maximum absolute atomic E-state index is 12.5. The highest BCUT2D eigenvalue weighted by Gasteiger charge is 2.29. The molecule has 8 nitrogen and oxygen atoms in total. The van der Waals surface area contributed by atoms with Crippen LogP contribution in [0.1, 0.15) is 58.4 Å². The van der Waals surface area contributed by atoms with Crippen molar-refractivity contribution in [1.82, 2.24) is 34.9 Å². The molecule has 26 heavy (non-hydrogen) atoms. The Hall–Kier alpha value is -2.77. The van der Waals surface area contributed by atoms with Crippen LogP contribution in [0.2, 0.25) is 0 Å². The van der Waals surface area contributed by atoms with Crippen molar-refractivity contribution in [3.05, 3.63) is 40.6 Å². The first-order valence-electron chi connectivity index (χ1n) is 9.24. The van der Waals surface area contributed by atoms with E-state index in [1.54, 1.807) is 6.07 Å². The molecule has 0 atom stereocenters. The third-order valence-electron chi connectivity index (χ3n) is 5.52. The summed E-state index contributed by atoms with van der Waals surface area (Å²) >= 11 is 0. The molecule has 1 amide bonds. The predicted octanol–water partition coefficient (Wildman–Crippen LogP) is 1.66. The fourth-order valence-electron chi connectivity index (χ4n) is 4.08. The monoisotopic (exact) mass is 351 g/mol. The molecule has 1 aliphatic heterocycles. The lowest BCUT2D eigenvalue weighted by Gasteiger charge is -2.30. The van der Waals surface area contributed by atoms with Gasteiger partial charge in [-0.25, -0.2) is 0 Å². The van der Waals surface area contributed by atoms with Crippen molar-refractivity contribution in [3.63, 3.8) is 0 Å². The SMILES string of the molecule is Cc1cc(C(=O)N2CCC(c3nnc4cc5c(nn34)CCC5)CC2)n[nH]1. The fourth-order valence-corrected chi connectivity index (χ4v) is 4.08. The number of nitrogens with one attached hydrogen (secondary N) is 1. The predicted molar refractivity (Wildman–Crippen MR) is 94.0 cm³/mol. The van der Waals surface area contributed by atoms with Crippen molar-refractivity contribution in [3.8, 4) is 0 Å². The van der Waals surface area contributed by atoms with E-state index in [0.29, 0.717) is 18.8 Å². The zero-order chi connectivity index (χ0) is 17.7. The van der Waals surface area contributed by atoms with E-state index in [0.717, 1.165) is 42.8 Å². The standard InChI is InChI=1S/C18H21N7O/c1-11-9-15(20-19-11)18(26)24-7-5-12(6-8-24)17-22-21-16-10-13-3-2-4-14(13)23-25(16)17/h9-10,12H,2-8H2,1H3,(H,19,20). The Labute approximate surface area is 150 Å². The third-order valence-corrected chi connectivity index (χ3v) is 5.52. The Morgan fingerprint density at radius 1 is 1.19 bits per heavy atom. The molecule has 1 N–H and O–H groups in total. The molecule has 0 aromatic carbocycles. The first-order chi connectivity index (χ1) is 12.7. The molecule has 1 fully saturated rings. The normalized spacial score (nSPS) is 17.8. The summed E-state index contributed by atoms with van der Waals surface area (Å²) in [6, 6.07) is 3.93. The van der Waals surface area contributed by atoms with Crippen LogP contribution in [0.3, 0.4) is 0 Å². The van der Waals surface area contributed by atoms with Gasteiger partial charge in [-0.3, -0.25) is 9.89 Å². The minimum atomic E-state index is -0.00477. The van der Waals surface area contributed by atoms with Gasteiger partial charge < -0.3 is 4.90 Å². The quantitative estimate of drug-likeness (QED) is 0.758. The van der Waals surface area contributed by atoms with E-state index in [-0.39, 0.29) is 11.8 Å². The molecule has 3 aromatic heterocycles.